The Labute approximate surface area is 180 Å². The summed E-state index contributed by atoms with van der Waals surface area (Å²) in [6, 6.07) is 9.47. The van der Waals surface area contributed by atoms with Gasteiger partial charge in [0.15, 0.2) is 0 Å². The fourth-order valence-electron chi connectivity index (χ4n) is 4.31. The van der Waals surface area contributed by atoms with E-state index in [1.165, 1.54) is 0 Å². The van der Waals surface area contributed by atoms with Gasteiger partial charge in [-0.15, -0.1) is 0 Å². The van der Waals surface area contributed by atoms with Crippen LogP contribution in [-0.2, 0) is 11.2 Å². The largest absolute Gasteiger partial charge is 0.497 e. The highest BCUT2D eigenvalue weighted by molar-refractivity contribution is 5.80. The molecule has 0 N–H and O–H groups in total. The zero-order valence-corrected chi connectivity index (χ0v) is 17.4. The smallest absolute Gasteiger partial charge is 0.231 e. The van der Waals surface area contributed by atoms with Crippen molar-refractivity contribution in [3.8, 4) is 22.9 Å². The minimum Gasteiger partial charge on any atom is -0.497 e. The van der Waals surface area contributed by atoms with Crippen molar-refractivity contribution in [3.05, 3.63) is 54.2 Å². The lowest BCUT2D eigenvalue weighted by atomic mass is 9.92. The van der Waals surface area contributed by atoms with Crippen LogP contribution in [0.3, 0.4) is 0 Å². The van der Waals surface area contributed by atoms with Gasteiger partial charge in [0.05, 0.1) is 18.9 Å². The molecule has 8 nitrogen and oxygen atoms in total. The van der Waals surface area contributed by atoms with Gasteiger partial charge in [0.1, 0.15) is 18.1 Å². The molecule has 1 fully saturated rings. The molecule has 4 heterocycles. The molecular weight excluding hydrogens is 396 g/mol. The Balaban J connectivity index is 1.27. The number of amides is 1. The van der Waals surface area contributed by atoms with Crippen molar-refractivity contribution in [2.75, 3.05) is 26.8 Å². The first-order valence-electron chi connectivity index (χ1n) is 10.5. The highest BCUT2D eigenvalue weighted by atomic mass is 16.5. The Kier molecular flexibility index (Phi) is 5.28. The van der Waals surface area contributed by atoms with E-state index in [1.807, 2.05) is 35.2 Å². The van der Waals surface area contributed by atoms with Crippen LogP contribution < -0.4 is 9.47 Å². The molecular formula is C23H24N4O4. The molecule has 0 unspecified atom stereocenters. The van der Waals surface area contributed by atoms with Gasteiger partial charge in [0, 0.05) is 31.0 Å². The van der Waals surface area contributed by atoms with Gasteiger partial charge in [-0.05, 0) is 55.2 Å². The van der Waals surface area contributed by atoms with E-state index in [-0.39, 0.29) is 17.7 Å². The number of hydrogen-bond donors (Lipinski definition) is 0. The number of hydrogen-bond acceptors (Lipinski definition) is 7. The van der Waals surface area contributed by atoms with E-state index in [2.05, 4.69) is 15.1 Å². The van der Waals surface area contributed by atoms with Crippen molar-refractivity contribution in [2.24, 2.45) is 5.92 Å². The summed E-state index contributed by atoms with van der Waals surface area (Å²) < 4.78 is 16.7. The van der Waals surface area contributed by atoms with E-state index in [0.29, 0.717) is 31.3 Å². The Morgan fingerprint density at radius 2 is 2.23 bits per heavy atom. The third-order valence-electron chi connectivity index (χ3n) is 5.97. The van der Waals surface area contributed by atoms with E-state index in [4.69, 9.17) is 14.0 Å². The fourth-order valence-corrected chi connectivity index (χ4v) is 4.31. The third-order valence-corrected chi connectivity index (χ3v) is 5.97. The second-order valence-electron chi connectivity index (χ2n) is 8.01. The number of fused-ring (bicyclic) bond motifs is 1. The predicted octanol–water partition coefficient (Wildman–Crippen LogP) is 3.10. The lowest BCUT2D eigenvalue weighted by Gasteiger charge is -2.35. The molecule has 3 aromatic rings. The number of rotatable bonds is 4. The number of nitrogens with zero attached hydrogens (tertiary/aromatic N) is 4. The number of piperidine rings is 1. The van der Waals surface area contributed by atoms with Gasteiger partial charge in [-0.1, -0.05) is 5.16 Å². The average molecular weight is 420 g/mol. The molecule has 1 amide bonds. The highest BCUT2D eigenvalue weighted by Gasteiger charge is 2.34. The van der Waals surface area contributed by atoms with Crippen LogP contribution >= 0.6 is 0 Å². The van der Waals surface area contributed by atoms with Gasteiger partial charge in [-0.2, -0.15) is 4.98 Å². The van der Waals surface area contributed by atoms with Crippen molar-refractivity contribution in [1.29, 1.82) is 0 Å². The number of methoxy groups -OCH3 is 1. The number of carbonyl (C=O) groups is 1. The molecule has 1 saturated heterocycles. The molecule has 1 aromatic carbocycles. The van der Waals surface area contributed by atoms with E-state index in [1.54, 1.807) is 19.5 Å². The first-order chi connectivity index (χ1) is 15.2. The summed E-state index contributed by atoms with van der Waals surface area (Å²) in [6.07, 6.45) is 5.89. The zero-order valence-electron chi connectivity index (χ0n) is 17.4. The normalized spacial score (nSPS) is 20.6. The monoisotopic (exact) mass is 420 g/mol. The summed E-state index contributed by atoms with van der Waals surface area (Å²) in [5.74, 6) is 2.65. The van der Waals surface area contributed by atoms with Crippen molar-refractivity contribution < 1.29 is 18.8 Å². The van der Waals surface area contributed by atoms with Gasteiger partial charge >= 0.3 is 0 Å². The number of carbonyl (C=O) groups excluding carboxylic acids is 1. The maximum atomic E-state index is 13.3. The number of pyridine rings is 1. The Hall–Kier alpha value is -3.42. The van der Waals surface area contributed by atoms with E-state index in [9.17, 15) is 4.79 Å². The molecule has 2 aromatic heterocycles. The highest BCUT2D eigenvalue weighted by Crippen LogP contribution is 2.33. The predicted molar refractivity (Wildman–Crippen MR) is 112 cm³/mol. The van der Waals surface area contributed by atoms with Gasteiger partial charge in [0.2, 0.25) is 17.6 Å². The molecule has 2 aliphatic rings. The second-order valence-corrected chi connectivity index (χ2v) is 8.01. The number of likely N-dealkylation sites (tertiary alicyclic amines) is 1. The quantitative estimate of drug-likeness (QED) is 0.641. The lowest BCUT2D eigenvalue weighted by molar-refractivity contribution is -0.138. The van der Waals surface area contributed by atoms with Gasteiger partial charge < -0.3 is 18.9 Å². The van der Waals surface area contributed by atoms with Gasteiger partial charge in [0.25, 0.3) is 0 Å². The molecule has 2 atom stereocenters. The average Bonchev–Trinajstić information content (AvgIpc) is 3.34. The summed E-state index contributed by atoms with van der Waals surface area (Å²) in [5, 5.41) is 4.10. The summed E-state index contributed by atoms with van der Waals surface area (Å²) in [6.45, 7) is 1.71. The molecule has 0 saturated carbocycles. The summed E-state index contributed by atoms with van der Waals surface area (Å²) >= 11 is 0. The van der Waals surface area contributed by atoms with Crippen LogP contribution in [0.25, 0.3) is 11.4 Å². The molecule has 5 rings (SSSR count). The van der Waals surface area contributed by atoms with Crippen LogP contribution in [0.5, 0.6) is 11.5 Å². The van der Waals surface area contributed by atoms with Crippen LogP contribution in [0.15, 0.2) is 47.2 Å². The van der Waals surface area contributed by atoms with E-state index >= 15 is 0 Å². The summed E-state index contributed by atoms with van der Waals surface area (Å²) in [4.78, 5) is 23.8. The molecule has 31 heavy (non-hydrogen) atoms. The van der Waals surface area contributed by atoms with Crippen LogP contribution in [0.2, 0.25) is 0 Å². The SMILES string of the molecule is COc1ccc2c(c1)C[C@@H](C(=O)N1CCC[C@H](c3nc(-c4cccnc4)no3)C1)CO2. The van der Waals surface area contributed by atoms with Crippen molar-refractivity contribution >= 4 is 5.91 Å². The topological polar surface area (TPSA) is 90.6 Å². The van der Waals surface area contributed by atoms with Crippen LogP contribution in [0, 0.1) is 5.92 Å². The Morgan fingerprint density at radius 1 is 1.29 bits per heavy atom. The molecule has 0 spiro atoms. The fraction of sp³-hybridized carbons (Fsp3) is 0.391. The standard InChI is InChI=1S/C23H24N4O4/c1-29-19-6-7-20-17(11-19)10-18(14-30-20)23(28)27-9-3-5-16(13-27)22-25-21(26-31-22)15-4-2-8-24-12-15/h2,4,6-8,11-12,16,18H,3,5,9-10,13-14H2,1H3/t16-,18+/m0/s1. The van der Waals surface area contributed by atoms with Crippen LogP contribution in [-0.4, -0.2) is 52.7 Å². The molecule has 0 bridgehead atoms. The second kappa shape index (κ2) is 8.37. The van der Waals surface area contributed by atoms with Crippen molar-refractivity contribution in [2.45, 2.75) is 25.2 Å². The number of ether oxygens (including phenoxy) is 2. The summed E-state index contributed by atoms with van der Waals surface area (Å²) in [7, 11) is 1.64. The molecule has 8 heteroatoms. The maximum Gasteiger partial charge on any atom is 0.231 e. The van der Waals surface area contributed by atoms with Crippen LogP contribution in [0.1, 0.15) is 30.2 Å². The first kappa shape index (κ1) is 19.5. The molecule has 2 aliphatic heterocycles. The minimum absolute atomic E-state index is 0.0347. The molecule has 160 valence electrons. The molecule has 0 radical (unpaired) electrons. The van der Waals surface area contributed by atoms with E-state index in [0.717, 1.165) is 42.0 Å². The third kappa shape index (κ3) is 3.97. The van der Waals surface area contributed by atoms with Gasteiger partial charge in [-0.25, -0.2) is 0 Å². The summed E-state index contributed by atoms with van der Waals surface area (Å²) in [5.41, 5.74) is 1.82. The number of benzene rings is 1. The van der Waals surface area contributed by atoms with Crippen molar-refractivity contribution in [3.63, 3.8) is 0 Å². The van der Waals surface area contributed by atoms with Crippen LogP contribution in [0.4, 0.5) is 0 Å². The Morgan fingerprint density at radius 3 is 3.06 bits per heavy atom. The lowest BCUT2D eigenvalue weighted by Crippen LogP contribution is -2.45. The molecule has 0 aliphatic carbocycles. The Bertz CT molecular complexity index is 1070. The number of aromatic nitrogens is 3. The van der Waals surface area contributed by atoms with E-state index < -0.39 is 0 Å². The zero-order chi connectivity index (χ0) is 21.2. The minimum atomic E-state index is -0.202. The van der Waals surface area contributed by atoms with Crippen molar-refractivity contribution in [1.82, 2.24) is 20.0 Å². The maximum absolute atomic E-state index is 13.3. The van der Waals surface area contributed by atoms with Gasteiger partial charge in [-0.3, -0.25) is 9.78 Å². The first-order valence-corrected chi connectivity index (χ1v) is 10.5.